The molecule has 0 aliphatic heterocycles. The van der Waals surface area contributed by atoms with Crippen LogP contribution in [0.25, 0.3) is 6.08 Å². The summed E-state index contributed by atoms with van der Waals surface area (Å²) in [5, 5.41) is 30.8. The van der Waals surface area contributed by atoms with E-state index in [2.05, 4.69) is 0 Å². The normalized spacial score (nSPS) is 10.8. The molecule has 8 nitrogen and oxygen atoms in total. The Morgan fingerprint density at radius 3 is 1.85 bits per heavy atom. The van der Waals surface area contributed by atoms with Crippen LogP contribution in [0.15, 0.2) is 6.08 Å². The second kappa shape index (κ2) is 5.47. The zero-order valence-electron chi connectivity index (χ0n) is 11.0. The van der Waals surface area contributed by atoms with E-state index in [0.717, 1.165) is 6.08 Å². The summed E-state index contributed by atoms with van der Waals surface area (Å²) < 4.78 is 0. The Hall–Kier alpha value is -2.77. The van der Waals surface area contributed by atoms with Gasteiger partial charge in [-0.2, -0.15) is 0 Å². The van der Waals surface area contributed by atoms with E-state index < -0.39 is 15.8 Å². The lowest BCUT2D eigenvalue weighted by Gasteiger charge is -2.10. The molecule has 0 radical (unpaired) electrons. The number of nitro benzene ring substituents is 2. The number of carboxylic acid groups (broad SMARTS) is 1. The highest BCUT2D eigenvalue weighted by atomic mass is 16.6. The van der Waals surface area contributed by atoms with Crippen molar-refractivity contribution >= 4 is 23.4 Å². The average Bonchev–Trinajstić information content (AvgIpc) is 2.30. The number of hydrogen-bond donors (Lipinski definition) is 1. The van der Waals surface area contributed by atoms with Gasteiger partial charge in [-0.25, -0.2) is 4.79 Å². The smallest absolute Gasteiger partial charge is 0.328 e. The van der Waals surface area contributed by atoms with E-state index in [-0.39, 0.29) is 33.6 Å². The van der Waals surface area contributed by atoms with E-state index in [4.69, 9.17) is 5.11 Å². The Morgan fingerprint density at radius 2 is 1.45 bits per heavy atom. The molecule has 0 spiro atoms. The molecule has 0 fully saturated rings. The van der Waals surface area contributed by atoms with Crippen molar-refractivity contribution in [2.75, 3.05) is 0 Å². The van der Waals surface area contributed by atoms with Gasteiger partial charge in [-0.05, 0) is 26.8 Å². The average molecular weight is 280 g/mol. The fourth-order valence-electron chi connectivity index (χ4n) is 2.01. The van der Waals surface area contributed by atoms with E-state index in [1.165, 1.54) is 20.8 Å². The molecule has 106 valence electrons. The third-order valence-corrected chi connectivity index (χ3v) is 3.04. The summed E-state index contributed by atoms with van der Waals surface area (Å²) in [6.07, 6.45) is 1.73. The minimum absolute atomic E-state index is 0.0628. The molecule has 0 heterocycles. The van der Waals surface area contributed by atoms with E-state index in [9.17, 15) is 25.0 Å². The first kappa shape index (κ1) is 15.3. The van der Waals surface area contributed by atoms with Gasteiger partial charge < -0.3 is 5.11 Å². The quantitative estimate of drug-likeness (QED) is 0.513. The number of nitro groups is 2. The molecule has 8 heteroatoms. The van der Waals surface area contributed by atoms with Crippen LogP contribution < -0.4 is 0 Å². The van der Waals surface area contributed by atoms with Crippen LogP contribution in [0.3, 0.4) is 0 Å². The van der Waals surface area contributed by atoms with Gasteiger partial charge in [0, 0.05) is 22.8 Å². The molecule has 0 aliphatic carbocycles. The lowest BCUT2D eigenvalue weighted by molar-refractivity contribution is -0.390. The predicted molar refractivity (Wildman–Crippen MR) is 70.6 cm³/mol. The number of carbonyl (C=O) groups is 1. The molecule has 1 rings (SSSR count). The monoisotopic (exact) mass is 280 g/mol. The van der Waals surface area contributed by atoms with Crippen molar-refractivity contribution < 1.29 is 19.7 Å². The van der Waals surface area contributed by atoms with Gasteiger partial charge >= 0.3 is 5.97 Å². The highest BCUT2D eigenvalue weighted by Gasteiger charge is 2.29. The third-order valence-electron chi connectivity index (χ3n) is 3.04. The summed E-state index contributed by atoms with van der Waals surface area (Å²) in [6.45, 7) is 4.19. The zero-order valence-corrected chi connectivity index (χ0v) is 11.0. The second-order valence-electron chi connectivity index (χ2n) is 4.17. The van der Waals surface area contributed by atoms with E-state index in [1.807, 2.05) is 0 Å². The molecule has 0 saturated heterocycles. The van der Waals surface area contributed by atoms with Crippen LogP contribution in [0.5, 0.6) is 0 Å². The van der Waals surface area contributed by atoms with Gasteiger partial charge in [-0.15, -0.1) is 0 Å². The summed E-state index contributed by atoms with van der Waals surface area (Å²) in [7, 11) is 0. The van der Waals surface area contributed by atoms with Crippen molar-refractivity contribution in [3.63, 3.8) is 0 Å². The molecule has 1 aromatic carbocycles. The van der Waals surface area contributed by atoms with Crippen molar-refractivity contribution in [3.05, 3.63) is 48.6 Å². The number of rotatable bonds is 4. The molecular weight excluding hydrogens is 268 g/mol. The van der Waals surface area contributed by atoms with E-state index in [0.29, 0.717) is 6.08 Å². The number of carboxylic acids is 1. The number of benzene rings is 1. The Bertz CT molecular complexity index is 648. The second-order valence-corrected chi connectivity index (χ2v) is 4.17. The summed E-state index contributed by atoms with van der Waals surface area (Å²) >= 11 is 0. The SMILES string of the molecule is Cc1c(C)c([N+](=O)[O-])c(C=CC(=O)O)c(C)c1[N+](=O)[O-]. The highest BCUT2D eigenvalue weighted by Crippen LogP contribution is 2.37. The molecule has 0 amide bonds. The first-order valence-corrected chi connectivity index (χ1v) is 5.52. The first-order chi connectivity index (χ1) is 9.18. The molecule has 0 saturated carbocycles. The van der Waals surface area contributed by atoms with Crippen LogP contribution >= 0.6 is 0 Å². The molecular formula is C12H12N2O6. The van der Waals surface area contributed by atoms with Crippen LogP contribution in [0.2, 0.25) is 0 Å². The number of hydrogen-bond acceptors (Lipinski definition) is 5. The first-order valence-electron chi connectivity index (χ1n) is 5.52. The van der Waals surface area contributed by atoms with Crippen LogP contribution in [0.1, 0.15) is 22.3 Å². The maximum Gasteiger partial charge on any atom is 0.328 e. The Kier molecular flexibility index (Phi) is 4.18. The summed E-state index contributed by atoms with van der Waals surface area (Å²) in [5.74, 6) is -1.29. The van der Waals surface area contributed by atoms with Crippen molar-refractivity contribution in [2.24, 2.45) is 0 Å². The molecule has 0 aliphatic rings. The molecule has 0 bridgehead atoms. The highest BCUT2D eigenvalue weighted by molar-refractivity contribution is 5.88. The number of nitrogens with zero attached hydrogens (tertiary/aromatic N) is 2. The minimum Gasteiger partial charge on any atom is -0.478 e. The van der Waals surface area contributed by atoms with Crippen LogP contribution in [0.4, 0.5) is 11.4 Å². The van der Waals surface area contributed by atoms with Crippen LogP contribution in [-0.2, 0) is 4.79 Å². The van der Waals surface area contributed by atoms with Crippen molar-refractivity contribution in [3.8, 4) is 0 Å². The van der Waals surface area contributed by atoms with Gasteiger partial charge in [0.15, 0.2) is 0 Å². The largest absolute Gasteiger partial charge is 0.478 e. The fraction of sp³-hybridized carbons (Fsp3) is 0.250. The fourth-order valence-corrected chi connectivity index (χ4v) is 2.01. The van der Waals surface area contributed by atoms with Gasteiger partial charge in [-0.3, -0.25) is 20.2 Å². The Labute approximate surface area is 113 Å². The molecule has 0 atom stereocenters. The lowest BCUT2D eigenvalue weighted by Crippen LogP contribution is -2.05. The van der Waals surface area contributed by atoms with Crippen LogP contribution in [-0.4, -0.2) is 20.9 Å². The van der Waals surface area contributed by atoms with Crippen molar-refractivity contribution in [2.45, 2.75) is 20.8 Å². The van der Waals surface area contributed by atoms with Gasteiger partial charge in [-0.1, -0.05) is 0 Å². The standard InChI is InChI=1S/C12H12N2O6/c1-6-7(2)12(14(19)20)9(4-5-10(15)16)8(3)11(6)13(17)18/h4-5H,1-3H3,(H,15,16). The Balaban J connectivity index is 3.82. The summed E-state index contributed by atoms with van der Waals surface area (Å²) in [5.41, 5.74) is -0.195. The molecule has 1 aromatic rings. The maximum absolute atomic E-state index is 11.1. The maximum atomic E-state index is 11.1. The molecule has 20 heavy (non-hydrogen) atoms. The number of aliphatic carboxylic acids is 1. The van der Waals surface area contributed by atoms with E-state index in [1.54, 1.807) is 0 Å². The van der Waals surface area contributed by atoms with Crippen molar-refractivity contribution in [1.29, 1.82) is 0 Å². The van der Waals surface area contributed by atoms with Gasteiger partial charge in [0.05, 0.1) is 15.4 Å². The zero-order chi connectivity index (χ0) is 15.6. The third kappa shape index (κ3) is 2.63. The van der Waals surface area contributed by atoms with E-state index >= 15 is 0 Å². The van der Waals surface area contributed by atoms with Gasteiger partial charge in [0.1, 0.15) is 0 Å². The van der Waals surface area contributed by atoms with Gasteiger partial charge in [0.2, 0.25) is 0 Å². The molecule has 1 N–H and O–H groups in total. The molecule has 0 unspecified atom stereocenters. The summed E-state index contributed by atoms with van der Waals surface area (Å²) in [4.78, 5) is 31.4. The minimum atomic E-state index is -1.29. The summed E-state index contributed by atoms with van der Waals surface area (Å²) in [6, 6.07) is 0. The van der Waals surface area contributed by atoms with Gasteiger partial charge in [0.25, 0.3) is 11.4 Å². The predicted octanol–water partition coefficient (Wildman–Crippen LogP) is 2.53. The van der Waals surface area contributed by atoms with Crippen molar-refractivity contribution in [1.82, 2.24) is 0 Å². The lowest BCUT2D eigenvalue weighted by atomic mass is 9.95. The van der Waals surface area contributed by atoms with Crippen LogP contribution in [0, 0.1) is 41.0 Å². The Morgan fingerprint density at radius 1 is 1.00 bits per heavy atom. The topological polar surface area (TPSA) is 124 Å². The molecule has 0 aromatic heterocycles.